The van der Waals surface area contributed by atoms with Crippen LogP contribution in [0.15, 0.2) is 42.0 Å². The Bertz CT molecular complexity index is 1120. The van der Waals surface area contributed by atoms with Crippen LogP contribution in [-0.2, 0) is 17.6 Å². The minimum absolute atomic E-state index is 0. The Labute approximate surface area is 235 Å². The van der Waals surface area contributed by atoms with Crippen LogP contribution >= 0.6 is 23.7 Å². The van der Waals surface area contributed by atoms with Gasteiger partial charge < -0.3 is 20.1 Å². The van der Waals surface area contributed by atoms with Crippen molar-refractivity contribution in [2.24, 2.45) is 0 Å². The molecule has 10 heteroatoms. The SMILES string of the molecule is COc1ccc(C(CC(=O)O)Cc2csc(CCCCNc3cc(N4CCCCCC4)ccn3)n2)cn1.Cl. The minimum atomic E-state index is -0.824. The van der Waals surface area contributed by atoms with Crippen molar-refractivity contribution < 1.29 is 14.6 Å². The zero-order valence-electron chi connectivity index (χ0n) is 22.0. The van der Waals surface area contributed by atoms with Crippen LogP contribution in [0.1, 0.15) is 67.1 Å². The van der Waals surface area contributed by atoms with E-state index < -0.39 is 5.97 Å². The molecule has 2 N–H and O–H groups in total. The molecule has 3 aromatic rings. The second kappa shape index (κ2) is 15.5. The summed E-state index contributed by atoms with van der Waals surface area (Å²) in [4.78, 5) is 27.4. The van der Waals surface area contributed by atoms with Crippen molar-refractivity contribution in [3.05, 3.63) is 58.3 Å². The topological polar surface area (TPSA) is 100 Å². The number of aryl methyl sites for hydroxylation is 1. The lowest BCUT2D eigenvalue weighted by atomic mass is 9.92. The monoisotopic (exact) mass is 559 g/mol. The first-order chi connectivity index (χ1) is 18.1. The number of aromatic nitrogens is 3. The van der Waals surface area contributed by atoms with E-state index in [1.807, 2.05) is 12.3 Å². The maximum atomic E-state index is 11.4. The summed E-state index contributed by atoms with van der Waals surface area (Å²) in [7, 11) is 1.56. The van der Waals surface area contributed by atoms with Gasteiger partial charge in [0.15, 0.2) is 0 Å². The van der Waals surface area contributed by atoms with Crippen LogP contribution in [0.4, 0.5) is 11.5 Å². The van der Waals surface area contributed by atoms with Crippen molar-refractivity contribution in [1.82, 2.24) is 15.0 Å². The van der Waals surface area contributed by atoms with Gasteiger partial charge in [-0.3, -0.25) is 4.79 Å². The van der Waals surface area contributed by atoms with Crippen LogP contribution in [-0.4, -0.2) is 52.8 Å². The Morgan fingerprint density at radius 2 is 1.97 bits per heavy atom. The van der Waals surface area contributed by atoms with Crippen LogP contribution in [0.2, 0.25) is 0 Å². The van der Waals surface area contributed by atoms with E-state index in [-0.39, 0.29) is 24.7 Å². The van der Waals surface area contributed by atoms with Crippen molar-refractivity contribution >= 4 is 41.2 Å². The van der Waals surface area contributed by atoms with E-state index in [1.165, 1.54) is 31.4 Å². The van der Waals surface area contributed by atoms with E-state index in [0.717, 1.165) is 61.0 Å². The van der Waals surface area contributed by atoms with Crippen LogP contribution < -0.4 is 15.0 Å². The lowest BCUT2D eigenvalue weighted by Crippen LogP contribution is -2.24. The van der Waals surface area contributed by atoms with Crippen molar-refractivity contribution in [1.29, 1.82) is 0 Å². The number of halogens is 1. The molecule has 1 fully saturated rings. The molecule has 1 saturated heterocycles. The van der Waals surface area contributed by atoms with E-state index in [1.54, 1.807) is 30.7 Å². The molecule has 0 saturated carbocycles. The molecule has 0 amide bonds. The van der Waals surface area contributed by atoms with Gasteiger partial charge in [0.1, 0.15) is 5.82 Å². The standard InChI is InChI=1S/C28H37N5O3S.ClH/c1-36-26-10-9-21(19-31-26)22(17-28(34)35)16-23-20-37-27(32-23)8-4-5-12-29-25-18-24(11-13-30-25)33-14-6-2-3-7-15-33;/h9-11,13,18-20,22H,2-8,12,14-17H2,1H3,(H,29,30)(H,34,35);1H. The first-order valence-corrected chi connectivity index (χ1v) is 14.1. The number of pyridine rings is 2. The molecule has 3 aromatic heterocycles. The summed E-state index contributed by atoms with van der Waals surface area (Å²) in [6.45, 7) is 3.14. The van der Waals surface area contributed by atoms with Crippen molar-refractivity contribution in [2.45, 2.75) is 63.7 Å². The van der Waals surface area contributed by atoms with E-state index >= 15 is 0 Å². The molecular weight excluding hydrogens is 522 g/mol. The highest BCUT2D eigenvalue weighted by molar-refractivity contribution is 7.09. The Hall–Kier alpha value is -2.91. The average Bonchev–Trinajstić information content (AvgIpc) is 3.17. The third-order valence-electron chi connectivity index (χ3n) is 6.75. The van der Waals surface area contributed by atoms with Crippen LogP contribution in [0, 0.1) is 0 Å². The molecule has 1 aliphatic rings. The summed E-state index contributed by atoms with van der Waals surface area (Å²) < 4.78 is 5.12. The smallest absolute Gasteiger partial charge is 0.303 e. The Kier molecular flexibility index (Phi) is 12.1. The Balaban J connectivity index is 0.00000400. The molecule has 0 bridgehead atoms. The minimum Gasteiger partial charge on any atom is -0.481 e. The fraction of sp³-hybridized carbons (Fsp3) is 0.500. The van der Waals surface area contributed by atoms with Crippen molar-refractivity contribution in [2.75, 3.05) is 37.0 Å². The average molecular weight is 560 g/mol. The molecular formula is C28H38ClN5O3S. The second-order valence-corrected chi connectivity index (χ2v) is 10.5. The van der Waals surface area contributed by atoms with Crippen molar-refractivity contribution in [3.63, 3.8) is 0 Å². The predicted molar refractivity (Wildman–Crippen MR) is 155 cm³/mol. The summed E-state index contributed by atoms with van der Waals surface area (Å²) in [6, 6.07) is 7.94. The Morgan fingerprint density at radius 1 is 1.16 bits per heavy atom. The van der Waals surface area contributed by atoms with Gasteiger partial charge in [-0.15, -0.1) is 23.7 Å². The zero-order chi connectivity index (χ0) is 25.9. The molecule has 4 heterocycles. The zero-order valence-corrected chi connectivity index (χ0v) is 23.6. The molecule has 206 valence electrons. The summed E-state index contributed by atoms with van der Waals surface area (Å²) >= 11 is 1.65. The van der Waals surface area contributed by atoms with E-state index in [0.29, 0.717) is 12.3 Å². The highest BCUT2D eigenvalue weighted by Gasteiger charge is 2.19. The van der Waals surface area contributed by atoms with Gasteiger partial charge in [-0.2, -0.15) is 0 Å². The number of unbranched alkanes of at least 4 members (excludes halogenated alkanes) is 1. The third-order valence-corrected chi connectivity index (χ3v) is 7.71. The molecule has 0 radical (unpaired) electrons. The lowest BCUT2D eigenvalue weighted by molar-refractivity contribution is -0.137. The number of carboxylic acids is 1. The van der Waals surface area contributed by atoms with Gasteiger partial charge >= 0.3 is 5.97 Å². The number of hydrogen-bond acceptors (Lipinski definition) is 8. The number of methoxy groups -OCH3 is 1. The van der Waals surface area contributed by atoms with Gasteiger partial charge in [-0.25, -0.2) is 15.0 Å². The predicted octanol–water partition coefficient (Wildman–Crippen LogP) is 5.98. The molecule has 0 aliphatic carbocycles. The number of aliphatic carboxylic acids is 1. The molecule has 38 heavy (non-hydrogen) atoms. The highest BCUT2D eigenvalue weighted by Crippen LogP contribution is 2.26. The van der Waals surface area contributed by atoms with E-state index in [2.05, 4.69) is 37.7 Å². The normalized spacial score (nSPS) is 14.3. The molecule has 4 rings (SSSR count). The number of ether oxygens (including phenoxy) is 1. The van der Waals surface area contributed by atoms with Crippen molar-refractivity contribution in [3.8, 4) is 5.88 Å². The lowest BCUT2D eigenvalue weighted by Gasteiger charge is -2.23. The number of nitrogens with one attached hydrogen (secondary N) is 1. The first-order valence-electron chi connectivity index (χ1n) is 13.2. The maximum absolute atomic E-state index is 11.4. The maximum Gasteiger partial charge on any atom is 0.303 e. The molecule has 1 aliphatic heterocycles. The number of nitrogens with zero attached hydrogens (tertiary/aromatic N) is 4. The van der Waals surface area contributed by atoms with Gasteiger partial charge in [0.25, 0.3) is 0 Å². The number of carbonyl (C=O) groups is 1. The van der Waals surface area contributed by atoms with Crippen LogP contribution in [0.5, 0.6) is 5.88 Å². The third kappa shape index (κ3) is 9.13. The van der Waals surface area contributed by atoms with Crippen LogP contribution in [0.3, 0.4) is 0 Å². The van der Waals surface area contributed by atoms with Gasteiger partial charge in [-0.05, 0) is 50.2 Å². The van der Waals surface area contributed by atoms with E-state index in [9.17, 15) is 9.90 Å². The number of carboxylic acid groups (broad SMARTS) is 1. The first kappa shape index (κ1) is 29.6. The fourth-order valence-electron chi connectivity index (χ4n) is 4.74. The number of anilines is 2. The number of thiazole rings is 1. The Morgan fingerprint density at radius 3 is 2.68 bits per heavy atom. The summed E-state index contributed by atoms with van der Waals surface area (Å²) in [5, 5.41) is 16.0. The largest absolute Gasteiger partial charge is 0.481 e. The summed E-state index contributed by atoms with van der Waals surface area (Å²) in [5.74, 6) is 0.461. The summed E-state index contributed by atoms with van der Waals surface area (Å²) in [5.41, 5.74) is 3.09. The van der Waals surface area contributed by atoms with Gasteiger partial charge in [0, 0.05) is 61.1 Å². The molecule has 1 unspecified atom stereocenters. The molecule has 1 atom stereocenters. The number of hydrogen-bond donors (Lipinski definition) is 2. The molecule has 0 aromatic carbocycles. The molecule has 8 nitrogen and oxygen atoms in total. The fourth-order valence-corrected chi connectivity index (χ4v) is 5.60. The van der Waals surface area contributed by atoms with Crippen LogP contribution in [0.25, 0.3) is 0 Å². The van der Waals surface area contributed by atoms with E-state index in [4.69, 9.17) is 9.72 Å². The number of rotatable bonds is 13. The van der Waals surface area contributed by atoms with Gasteiger partial charge in [0.05, 0.1) is 24.2 Å². The summed E-state index contributed by atoms with van der Waals surface area (Å²) in [6.07, 6.45) is 12.4. The molecule has 0 spiro atoms. The highest BCUT2D eigenvalue weighted by atomic mass is 35.5. The van der Waals surface area contributed by atoms with Gasteiger partial charge in [-0.1, -0.05) is 18.9 Å². The second-order valence-electron chi connectivity index (χ2n) is 9.55. The quantitative estimate of drug-likeness (QED) is 0.247. The van der Waals surface area contributed by atoms with Gasteiger partial charge in [0.2, 0.25) is 5.88 Å².